The molecule has 2 atom stereocenters. The molecule has 1 aliphatic rings. The van der Waals surface area contributed by atoms with E-state index < -0.39 is 41.0 Å². The molecular weight excluding hydrogens is 547 g/mol. The zero-order chi connectivity index (χ0) is 30.4. The predicted octanol–water partition coefficient (Wildman–Crippen LogP) is 5.59. The zero-order valence-electron chi connectivity index (χ0n) is 23.7. The van der Waals surface area contributed by atoms with Gasteiger partial charge in [0.1, 0.15) is 17.5 Å². The fourth-order valence-electron chi connectivity index (χ4n) is 5.87. The van der Waals surface area contributed by atoms with Gasteiger partial charge in [-0.3, -0.25) is 4.79 Å². The molecule has 0 saturated carbocycles. The van der Waals surface area contributed by atoms with Crippen LogP contribution < -0.4 is 10.6 Å². The first-order chi connectivity index (χ1) is 20.0. The lowest BCUT2D eigenvalue weighted by Crippen LogP contribution is -2.48. The number of piperidine rings is 1. The highest BCUT2D eigenvalue weighted by molar-refractivity contribution is 5.94. The number of rotatable bonds is 10. The van der Waals surface area contributed by atoms with Crippen molar-refractivity contribution in [2.75, 3.05) is 26.7 Å². The third-order valence-corrected chi connectivity index (χ3v) is 7.91. The summed E-state index contributed by atoms with van der Waals surface area (Å²) in [4.78, 5) is 26.0. The fraction of sp³-hybridized carbons (Fsp3) is 0.375. The molecule has 0 radical (unpaired) electrons. The highest BCUT2D eigenvalue weighted by Gasteiger charge is 2.43. The van der Waals surface area contributed by atoms with Crippen molar-refractivity contribution in [3.63, 3.8) is 0 Å². The summed E-state index contributed by atoms with van der Waals surface area (Å²) in [6, 6.07) is 12.9. The fourth-order valence-corrected chi connectivity index (χ4v) is 5.87. The van der Waals surface area contributed by atoms with E-state index in [1.807, 2.05) is 0 Å². The summed E-state index contributed by atoms with van der Waals surface area (Å²) in [6.07, 6.45) is -0.0563. The first kappa shape index (κ1) is 31.1. The summed E-state index contributed by atoms with van der Waals surface area (Å²) in [7, 11) is 1.74. The molecule has 0 bridgehead atoms. The minimum absolute atomic E-state index is 0.00217. The van der Waals surface area contributed by atoms with Crippen molar-refractivity contribution >= 4 is 12.0 Å². The number of hydrogen-bond donors (Lipinski definition) is 4. The van der Waals surface area contributed by atoms with Crippen molar-refractivity contribution in [2.24, 2.45) is 5.92 Å². The lowest BCUT2D eigenvalue weighted by molar-refractivity contribution is -0.0565. The first-order valence-corrected chi connectivity index (χ1v) is 14.0. The molecule has 10 heteroatoms. The Balaban J connectivity index is 1.73. The second-order valence-electron chi connectivity index (χ2n) is 10.8. The number of aliphatic hydroxyl groups is 1. The molecule has 1 aliphatic heterocycles. The van der Waals surface area contributed by atoms with Crippen LogP contribution >= 0.6 is 0 Å². The van der Waals surface area contributed by atoms with E-state index in [1.54, 1.807) is 32.2 Å². The summed E-state index contributed by atoms with van der Waals surface area (Å²) in [5, 5.41) is 26.7. The van der Waals surface area contributed by atoms with Gasteiger partial charge in [0, 0.05) is 43.2 Å². The largest absolute Gasteiger partial charge is 0.465 e. The van der Waals surface area contributed by atoms with Crippen LogP contribution in [0.15, 0.2) is 54.6 Å². The number of nitrogens with one attached hydrogen (secondary N) is 2. The van der Waals surface area contributed by atoms with Gasteiger partial charge in [-0.2, -0.15) is 0 Å². The van der Waals surface area contributed by atoms with Gasteiger partial charge in [0.15, 0.2) is 0 Å². The number of carbonyl (C=O) groups excluding carboxylic acids is 1. The lowest BCUT2D eigenvalue weighted by atomic mass is 9.72. The van der Waals surface area contributed by atoms with Crippen molar-refractivity contribution in [2.45, 2.75) is 44.8 Å². The van der Waals surface area contributed by atoms with Crippen LogP contribution in [0.5, 0.6) is 0 Å². The maximum Gasteiger partial charge on any atom is 0.404 e. The van der Waals surface area contributed by atoms with Crippen LogP contribution in [0.4, 0.5) is 18.0 Å². The molecule has 1 fully saturated rings. The predicted molar refractivity (Wildman–Crippen MR) is 153 cm³/mol. The molecule has 4 rings (SSSR count). The SMILES string of the molecule is CNCc1ccc(C(=O)N2CCCC(C(O)(CCCNC(=O)O)c3cccc(F)c3-c3cc(C)ccc3F)C2)c(F)c1. The van der Waals surface area contributed by atoms with Crippen LogP contribution in [-0.2, 0) is 12.1 Å². The average Bonchev–Trinajstić information content (AvgIpc) is 2.96. The van der Waals surface area contributed by atoms with E-state index in [9.17, 15) is 19.1 Å². The molecule has 1 saturated heterocycles. The Morgan fingerprint density at radius 3 is 2.55 bits per heavy atom. The van der Waals surface area contributed by atoms with Gasteiger partial charge in [-0.1, -0.05) is 29.8 Å². The molecular formula is C32H36F3N3O4. The number of aryl methyl sites for hydroxylation is 1. The van der Waals surface area contributed by atoms with Crippen molar-refractivity contribution in [3.8, 4) is 11.1 Å². The standard InChI is InChI=1S/C32H36F3N3O4/c1-20-9-12-26(33)24(16-20)29-25(7-3-8-27(29)34)32(42,13-5-14-37-31(40)41)22-6-4-15-38(19-22)30(39)23-11-10-21(18-36-2)17-28(23)35/h3,7-12,16-17,22,36-37,42H,4-6,13-15,18-19H2,1-2H3,(H,40,41). The zero-order valence-corrected chi connectivity index (χ0v) is 23.7. The van der Waals surface area contributed by atoms with Gasteiger partial charge < -0.3 is 25.7 Å². The number of nitrogens with zero attached hydrogens (tertiary/aromatic N) is 1. The summed E-state index contributed by atoms with van der Waals surface area (Å²) in [5.74, 6) is -3.16. The quantitative estimate of drug-likeness (QED) is 0.233. The van der Waals surface area contributed by atoms with Crippen molar-refractivity contribution < 1.29 is 33.0 Å². The van der Waals surface area contributed by atoms with Crippen LogP contribution in [0, 0.1) is 30.3 Å². The number of carbonyl (C=O) groups is 2. The Hall–Kier alpha value is -3.89. The Labute approximate surface area is 243 Å². The minimum atomic E-state index is -1.76. The lowest BCUT2D eigenvalue weighted by Gasteiger charge is -2.43. The normalized spacial score (nSPS) is 16.6. The Morgan fingerprint density at radius 1 is 1.05 bits per heavy atom. The average molecular weight is 584 g/mol. The number of benzene rings is 3. The molecule has 2 amide bonds. The van der Waals surface area contributed by atoms with Gasteiger partial charge in [0.05, 0.1) is 11.2 Å². The summed E-state index contributed by atoms with van der Waals surface area (Å²) in [5.41, 5.74) is -0.384. The number of likely N-dealkylation sites (tertiary alicyclic amines) is 1. The molecule has 4 N–H and O–H groups in total. The maximum absolute atomic E-state index is 15.5. The van der Waals surface area contributed by atoms with Crippen LogP contribution in [0.1, 0.15) is 52.7 Å². The maximum atomic E-state index is 15.5. The molecule has 2 unspecified atom stereocenters. The third-order valence-electron chi connectivity index (χ3n) is 7.91. The summed E-state index contributed by atoms with van der Waals surface area (Å²) in [6.45, 7) is 2.61. The molecule has 1 heterocycles. The van der Waals surface area contributed by atoms with E-state index in [0.29, 0.717) is 37.1 Å². The second kappa shape index (κ2) is 13.4. The Kier molecular flexibility index (Phi) is 9.90. The monoisotopic (exact) mass is 583 g/mol. The van der Waals surface area contributed by atoms with Gasteiger partial charge in [0.25, 0.3) is 5.91 Å². The Bertz CT molecular complexity index is 1450. The van der Waals surface area contributed by atoms with Gasteiger partial charge >= 0.3 is 6.09 Å². The first-order valence-electron chi connectivity index (χ1n) is 14.0. The Morgan fingerprint density at radius 2 is 1.83 bits per heavy atom. The number of hydrogen-bond acceptors (Lipinski definition) is 4. The van der Waals surface area contributed by atoms with Crippen LogP contribution in [0.2, 0.25) is 0 Å². The van der Waals surface area contributed by atoms with Crippen molar-refractivity contribution in [1.29, 1.82) is 0 Å². The molecule has 0 aromatic heterocycles. The molecule has 3 aromatic carbocycles. The van der Waals surface area contributed by atoms with Gasteiger partial charge in [-0.15, -0.1) is 0 Å². The molecule has 0 aliphatic carbocycles. The number of carboxylic acid groups (broad SMARTS) is 1. The number of halogens is 3. The topological polar surface area (TPSA) is 102 Å². The highest BCUT2D eigenvalue weighted by atomic mass is 19.1. The number of amides is 2. The highest BCUT2D eigenvalue weighted by Crippen LogP contribution is 2.45. The van der Waals surface area contributed by atoms with Crippen LogP contribution in [-0.4, -0.2) is 53.8 Å². The van der Waals surface area contributed by atoms with Gasteiger partial charge in [0.2, 0.25) is 0 Å². The third kappa shape index (κ3) is 6.77. The van der Waals surface area contributed by atoms with Gasteiger partial charge in [-0.25, -0.2) is 18.0 Å². The van der Waals surface area contributed by atoms with E-state index in [0.717, 1.165) is 0 Å². The van der Waals surface area contributed by atoms with Gasteiger partial charge in [-0.05, 0) is 81.1 Å². The molecule has 224 valence electrons. The second-order valence-corrected chi connectivity index (χ2v) is 10.8. The minimum Gasteiger partial charge on any atom is -0.465 e. The van der Waals surface area contributed by atoms with Crippen molar-refractivity contribution in [1.82, 2.24) is 15.5 Å². The van der Waals surface area contributed by atoms with Crippen LogP contribution in [0.3, 0.4) is 0 Å². The summed E-state index contributed by atoms with van der Waals surface area (Å²) < 4.78 is 45.6. The van der Waals surface area contributed by atoms with E-state index in [-0.39, 0.29) is 48.2 Å². The van der Waals surface area contributed by atoms with Crippen LogP contribution in [0.25, 0.3) is 11.1 Å². The van der Waals surface area contributed by atoms with E-state index in [1.165, 1.54) is 41.3 Å². The molecule has 3 aromatic rings. The van der Waals surface area contributed by atoms with E-state index >= 15 is 8.78 Å². The molecule has 7 nitrogen and oxygen atoms in total. The summed E-state index contributed by atoms with van der Waals surface area (Å²) >= 11 is 0. The molecule has 0 spiro atoms. The molecule has 42 heavy (non-hydrogen) atoms. The van der Waals surface area contributed by atoms with Crippen molar-refractivity contribution in [3.05, 3.63) is 94.3 Å². The van der Waals surface area contributed by atoms with E-state index in [2.05, 4.69) is 10.6 Å². The smallest absolute Gasteiger partial charge is 0.404 e. The van der Waals surface area contributed by atoms with E-state index in [4.69, 9.17) is 5.11 Å².